The second kappa shape index (κ2) is 6.33. The molecule has 20 heavy (non-hydrogen) atoms. The highest BCUT2D eigenvalue weighted by Gasteiger charge is 2.13. The number of benzene rings is 1. The second-order valence-electron chi connectivity index (χ2n) is 4.97. The lowest BCUT2D eigenvalue weighted by atomic mass is 10.1. The summed E-state index contributed by atoms with van der Waals surface area (Å²) < 4.78 is 23.2. The fourth-order valence-corrected chi connectivity index (χ4v) is 3.27. The molecule has 0 saturated heterocycles. The summed E-state index contributed by atoms with van der Waals surface area (Å²) >= 11 is 0. The molecule has 0 fully saturated rings. The molecular weight excluding hydrogens is 272 g/mol. The third-order valence-electron chi connectivity index (χ3n) is 3.30. The molecule has 1 aromatic heterocycles. The maximum absolute atomic E-state index is 11.6. The molecule has 1 atom stereocenters. The van der Waals surface area contributed by atoms with Crippen LogP contribution in [0.15, 0.2) is 36.5 Å². The molecule has 108 valence electrons. The van der Waals surface area contributed by atoms with Crippen LogP contribution in [0.5, 0.6) is 0 Å². The Hall–Kier alpha value is -1.46. The highest BCUT2D eigenvalue weighted by molar-refractivity contribution is 7.91. The van der Waals surface area contributed by atoms with Gasteiger partial charge in [-0.15, -0.1) is 0 Å². The number of hydrogen-bond donors (Lipinski definition) is 1. The standard InChI is InChI=1S/C15H20N2O2S/c1-3-20(18,19)11-12(2)17-10-14-7-4-6-13-8-5-9-16-15(13)14/h4-9,12,17H,3,10-11H2,1-2H3. The van der Waals surface area contributed by atoms with Gasteiger partial charge in [0, 0.05) is 29.9 Å². The number of sulfone groups is 1. The maximum atomic E-state index is 11.6. The predicted octanol–water partition coefficient (Wildman–Crippen LogP) is 2.15. The minimum Gasteiger partial charge on any atom is -0.309 e. The Kier molecular flexibility index (Phi) is 4.73. The van der Waals surface area contributed by atoms with Crippen LogP contribution in [-0.2, 0) is 16.4 Å². The summed E-state index contributed by atoms with van der Waals surface area (Å²) in [6.45, 7) is 4.19. The van der Waals surface area contributed by atoms with Crippen LogP contribution in [0.1, 0.15) is 19.4 Å². The van der Waals surface area contributed by atoms with Crippen molar-refractivity contribution in [1.29, 1.82) is 0 Å². The molecule has 1 unspecified atom stereocenters. The molecule has 0 radical (unpaired) electrons. The Morgan fingerprint density at radius 3 is 2.75 bits per heavy atom. The topological polar surface area (TPSA) is 59.1 Å². The van der Waals surface area contributed by atoms with Crippen LogP contribution < -0.4 is 5.32 Å². The quantitative estimate of drug-likeness (QED) is 0.886. The van der Waals surface area contributed by atoms with E-state index in [-0.39, 0.29) is 17.5 Å². The molecule has 0 bridgehead atoms. The van der Waals surface area contributed by atoms with Crippen LogP contribution in [0, 0.1) is 0 Å². The Bertz CT molecular complexity index is 678. The molecule has 1 N–H and O–H groups in total. The molecule has 2 rings (SSSR count). The Balaban J connectivity index is 2.06. The first-order valence-electron chi connectivity index (χ1n) is 6.78. The third kappa shape index (κ3) is 3.77. The van der Waals surface area contributed by atoms with Gasteiger partial charge in [-0.05, 0) is 18.6 Å². The average Bonchev–Trinajstić information content (AvgIpc) is 2.44. The predicted molar refractivity (Wildman–Crippen MR) is 82.4 cm³/mol. The van der Waals surface area contributed by atoms with Crippen LogP contribution in [0.3, 0.4) is 0 Å². The van der Waals surface area contributed by atoms with Gasteiger partial charge in [-0.3, -0.25) is 4.98 Å². The number of nitrogens with zero attached hydrogens (tertiary/aromatic N) is 1. The zero-order valence-electron chi connectivity index (χ0n) is 11.8. The van der Waals surface area contributed by atoms with E-state index in [2.05, 4.69) is 10.3 Å². The van der Waals surface area contributed by atoms with E-state index >= 15 is 0 Å². The zero-order chi connectivity index (χ0) is 14.6. The molecule has 4 nitrogen and oxygen atoms in total. The summed E-state index contributed by atoms with van der Waals surface area (Å²) in [5, 5.41) is 4.36. The summed E-state index contributed by atoms with van der Waals surface area (Å²) in [5.41, 5.74) is 2.05. The van der Waals surface area contributed by atoms with Crippen LogP contribution >= 0.6 is 0 Å². The molecule has 1 aromatic carbocycles. The Morgan fingerprint density at radius 1 is 1.25 bits per heavy atom. The number of hydrogen-bond acceptors (Lipinski definition) is 4. The molecule has 2 aromatic rings. The molecule has 5 heteroatoms. The van der Waals surface area contributed by atoms with Crippen molar-refractivity contribution < 1.29 is 8.42 Å². The van der Waals surface area contributed by atoms with Crippen molar-refractivity contribution in [2.45, 2.75) is 26.4 Å². The van der Waals surface area contributed by atoms with Gasteiger partial charge in [0.15, 0.2) is 9.84 Å². The van der Waals surface area contributed by atoms with Gasteiger partial charge in [0.05, 0.1) is 11.3 Å². The number of para-hydroxylation sites is 1. The van der Waals surface area contributed by atoms with E-state index in [0.29, 0.717) is 6.54 Å². The van der Waals surface area contributed by atoms with E-state index < -0.39 is 9.84 Å². The summed E-state index contributed by atoms with van der Waals surface area (Å²) in [4.78, 5) is 4.39. The molecule has 0 spiro atoms. The first-order valence-corrected chi connectivity index (χ1v) is 8.60. The Labute approximate surface area is 120 Å². The molecular formula is C15H20N2O2S. The monoisotopic (exact) mass is 292 g/mol. The maximum Gasteiger partial charge on any atom is 0.151 e. The second-order valence-corrected chi connectivity index (χ2v) is 7.37. The lowest BCUT2D eigenvalue weighted by molar-refractivity contribution is 0.558. The smallest absolute Gasteiger partial charge is 0.151 e. The lowest BCUT2D eigenvalue weighted by Gasteiger charge is -2.14. The fraction of sp³-hybridized carbons (Fsp3) is 0.400. The highest BCUT2D eigenvalue weighted by atomic mass is 32.2. The number of rotatable bonds is 6. The van der Waals surface area contributed by atoms with Gasteiger partial charge in [-0.2, -0.15) is 0 Å². The van der Waals surface area contributed by atoms with Crippen molar-refractivity contribution in [2.24, 2.45) is 0 Å². The van der Waals surface area contributed by atoms with Crippen molar-refractivity contribution in [2.75, 3.05) is 11.5 Å². The van der Waals surface area contributed by atoms with Gasteiger partial charge in [-0.25, -0.2) is 8.42 Å². The first kappa shape index (κ1) is 14.9. The molecule has 1 heterocycles. The third-order valence-corrected chi connectivity index (χ3v) is 5.19. The SMILES string of the molecule is CCS(=O)(=O)CC(C)NCc1cccc2cccnc12. The van der Waals surface area contributed by atoms with E-state index in [1.165, 1.54) is 0 Å². The molecule has 0 aliphatic heterocycles. The van der Waals surface area contributed by atoms with Crippen molar-refractivity contribution in [1.82, 2.24) is 10.3 Å². The van der Waals surface area contributed by atoms with E-state index in [1.807, 2.05) is 37.3 Å². The number of nitrogens with one attached hydrogen (secondary N) is 1. The fourth-order valence-electron chi connectivity index (χ4n) is 2.15. The van der Waals surface area contributed by atoms with Crippen LogP contribution in [0.4, 0.5) is 0 Å². The van der Waals surface area contributed by atoms with Gasteiger partial charge in [0.2, 0.25) is 0 Å². The normalized spacial score (nSPS) is 13.5. The molecule has 0 amide bonds. The zero-order valence-corrected chi connectivity index (χ0v) is 12.7. The van der Waals surface area contributed by atoms with Gasteiger partial charge < -0.3 is 5.32 Å². The minimum absolute atomic E-state index is 0.0704. The summed E-state index contributed by atoms with van der Waals surface area (Å²) in [6.07, 6.45) is 1.77. The van der Waals surface area contributed by atoms with E-state index in [0.717, 1.165) is 16.5 Å². The van der Waals surface area contributed by atoms with Crippen molar-refractivity contribution in [3.63, 3.8) is 0 Å². The number of pyridine rings is 1. The van der Waals surface area contributed by atoms with Crippen LogP contribution in [-0.4, -0.2) is 30.9 Å². The van der Waals surface area contributed by atoms with Crippen LogP contribution in [0.25, 0.3) is 10.9 Å². The molecule has 0 saturated carbocycles. The molecule has 0 aliphatic rings. The number of aromatic nitrogens is 1. The average molecular weight is 292 g/mol. The molecule has 0 aliphatic carbocycles. The van der Waals surface area contributed by atoms with E-state index in [1.54, 1.807) is 13.1 Å². The van der Waals surface area contributed by atoms with Crippen molar-refractivity contribution in [3.05, 3.63) is 42.1 Å². The summed E-state index contributed by atoms with van der Waals surface area (Å²) in [7, 11) is -2.94. The van der Waals surface area contributed by atoms with Gasteiger partial charge in [-0.1, -0.05) is 31.2 Å². The Morgan fingerprint density at radius 2 is 2.00 bits per heavy atom. The lowest BCUT2D eigenvalue weighted by Crippen LogP contribution is -2.33. The van der Waals surface area contributed by atoms with Gasteiger partial charge >= 0.3 is 0 Å². The summed E-state index contributed by atoms with van der Waals surface area (Å²) in [6, 6.07) is 9.90. The highest BCUT2D eigenvalue weighted by Crippen LogP contribution is 2.15. The van der Waals surface area contributed by atoms with E-state index in [9.17, 15) is 8.42 Å². The minimum atomic E-state index is -2.94. The van der Waals surface area contributed by atoms with E-state index in [4.69, 9.17) is 0 Å². The van der Waals surface area contributed by atoms with Crippen molar-refractivity contribution >= 4 is 20.7 Å². The largest absolute Gasteiger partial charge is 0.309 e. The van der Waals surface area contributed by atoms with Gasteiger partial charge in [0.25, 0.3) is 0 Å². The van der Waals surface area contributed by atoms with Crippen LogP contribution in [0.2, 0.25) is 0 Å². The first-order chi connectivity index (χ1) is 9.52. The van der Waals surface area contributed by atoms with Crippen molar-refractivity contribution in [3.8, 4) is 0 Å². The summed E-state index contributed by atoms with van der Waals surface area (Å²) in [5.74, 6) is 0.358. The number of fused-ring (bicyclic) bond motifs is 1. The van der Waals surface area contributed by atoms with Gasteiger partial charge in [0.1, 0.15) is 0 Å².